The number of nitrogens with zero attached hydrogens (tertiary/aromatic N) is 5. The molecule has 0 spiro atoms. The van der Waals surface area contributed by atoms with Crippen LogP contribution < -0.4 is 4.74 Å². The number of alkyl halides is 3. The molecule has 10 heteroatoms. The molecule has 0 bridgehead atoms. The van der Waals surface area contributed by atoms with Gasteiger partial charge < -0.3 is 9.64 Å². The fourth-order valence-corrected chi connectivity index (χ4v) is 2.55. The van der Waals surface area contributed by atoms with E-state index in [1.807, 2.05) is 6.20 Å². The monoisotopic (exact) mass is 393 g/mol. The number of ether oxygens (including phenoxy) is 1. The quantitative estimate of drug-likeness (QED) is 0.646. The third kappa shape index (κ3) is 4.70. The van der Waals surface area contributed by atoms with Crippen molar-refractivity contribution in [3.8, 4) is 5.75 Å². The molecule has 0 saturated heterocycles. The maximum atomic E-state index is 12.7. The second-order valence-corrected chi connectivity index (χ2v) is 6.22. The Balaban J connectivity index is 1.60. The molecule has 1 amide bonds. The Morgan fingerprint density at radius 2 is 2.07 bits per heavy atom. The number of hydrogen-bond acceptors (Lipinski definition) is 4. The number of carbonyl (C=O) groups excluding carboxylic acids is 1. The Kier molecular flexibility index (Phi) is 5.39. The third-order valence-electron chi connectivity index (χ3n) is 3.91. The van der Waals surface area contributed by atoms with E-state index in [0.29, 0.717) is 6.54 Å². The number of halogens is 3. The van der Waals surface area contributed by atoms with Gasteiger partial charge >= 0.3 is 6.18 Å². The molecule has 0 radical (unpaired) electrons. The van der Waals surface area contributed by atoms with Gasteiger partial charge in [-0.25, -0.2) is 4.68 Å². The zero-order valence-electron chi connectivity index (χ0n) is 15.2. The highest BCUT2D eigenvalue weighted by Gasteiger charge is 2.30. The molecule has 3 rings (SSSR count). The van der Waals surface area contributed by atoms with E-state index in [0.717, 1.165) is 17.7 Å². The van der Waals surface area contributed by atoms with Crippen LogP contribution in [0.25, 0.3) is 0 Å². The summed E-state index contributed by atoms with van der Waals surface area (Å²) in [6.07, 6.45) is 0.568. The van der Waals surface area contributed by atoms with Gasteiger partial charge in [0, 0.05) is 38.6 Å². The van der Waals surface area contributed by atoms with Crippen molar-refractivity contribution in [2.45, 2.75) is 19.5 Å². The van der Waals surface area contributed by atoms with E-state index in [1.54, 1.807) is 25.0 Å². The lowest BCUT2D eigenvalue weighted by Gasteiger charge is -2.14. The Morgan fingerprint density at radius 1 is 1.29 bits per heavy atom. The molecule has 0 aliphatic rings. The van der Waals surface area contributed by atoms with Crippen molar-refractivity contribution < 1.29 is 22.7 Å². The molecule has 0 saturated carbocycles. The molecule has 0 N–H and O–H groups in total. The van der Waals surface area contributed by atoms with E-state index in [9.17, 15) is 18.0 Å². The lowest BCUT2D eigenvalue weighted by molar-refractivity contribution is -0.137. The smallest absolute Gasteiger partial charge is 0.416 e. The van der Waals surface area contributed by atoms with Crippen LogP contribution in [-0.4, -0.2) is 37.4 Å². The first-order chi connectivity index (χ1) is 13.2. The van der Waals surface area contributed by atoms with E-state index in [2.05, 4.69) is 10.2 Å². The summed E-state index contributed by atoms with van der Waals surface area (Å²) >= 11 is 0. The molecule has 0 unspecified atom stereocenters. The summed E-state index contributed by atoms with van der Waals surface area (Å²) in [6, 6.07) is 6.10. The summed E-state index contributed by atoms with van der Waals surface area (Å²) in [5.74, 6) is -0.228. The lowest BCUT2D eigenvalue weighted by atomic mass is 10.2. The first kappa shape index (κ1) is 19.5. The number of rotatable bonds is 6. The zero-order valence-corrected chi connectivity index (χ0v) is 15.2. The number of hydrogen-bond donors (Lipinski definition) is 0. The molecule has 28 heavy (non-hydrogen) atoms. The average molecular weight is 393 g/mol. The molecular weight excluding hydrogens is 375 g/mol. The molecule has 0 aliphatic carbocycles. The Morgan fingerprint density at radius 3 is 2.75 bits per heavy atom. The van der Waals surface area contributed by atoms with Crippen molar-refractivity contribution in [2.75, 3.05) is 7.05 Å². The van der Waals surface area contributed by atoms with Crippen molar-refractivity contribution in [1.29, 1.82) is 0 Å². The summed E-state index contributed by atoms with van der Waals surface area (Å²) in [7, 11) is 3.44. The van der Waals surface area contributed by atoms with Gasteiger partial charge in [-0.05, 0) is 24.3 Å². The van der Waals surface area contributed by atoms with Crippen LogP contribution in [0.3, 0.4) is 0 Å². The molecular formula is C18H18F3N5O2. The van der Waals surface area contributed by atoms with Crippen LogP contribution in [0.4, 0.5) is 13.2 Å². The van der Waals surface area contributed by atoms with Crippen LogP contribution >= 0.6 is 0 Å². The van der Waals surface area contributed by atoms with Crippen molar-refractivity contribution in [3.63, 3.8) is 0 Å². The van der Waals surface area contributed by atoms with Gasteiger partial charge in [0.2, 0.25) is 0 Å². The van der Waals surface area contributed by atoms with E-state index in [-0.39, 0.29) is 24.1 Å². The number of amides is 1. The van der Waals surface area contributed by atoms with Crippen LogP contribution in [0, 0.1) is 0 Å². The molecule has 3 aromatic rings. The normalized spacial score (nSPS) is 11.5. The minimum atomic E-state index is -4.44. The summed E-state index contributed by atoms with van der Waals surface area (Å²) in [5.41, 5.74) is 0.294. The van der Waals surface area contributed by atoms with Crippen molar-refractivity contribution in [2.24, 2.45) is 7.05 Å². The van der Waals surface area contributed by atoms with Gasteiger partial charge in [-0.1, -0.05) is 6.07 Å². The first-order valence-electron chi connectivity index (χ1n) is 8.29. The zero-order chi connectivity index (χ0) is 20.3. The summed E-state index contributed by atoms with van der Waals surface area (Å²) < 4.78 is 46.5. The van der Waals surface area contributed by atoms with E-state index < -0.39 is 11.7 Å². The Labute approximate surface area is 158 Å². The van der Waals surface area contributed by atoms with Crippen molar-refractivity contribution >= 4 is 5.91 Å². The minimum Gasteiger partial charge on any atom is -0.471 e. The van der Waals surface area contributed by atoms with Crippen LogP contribution in [0.2, 0.25) is 0 Å². The van der Waals surface area contributed by atoms with Crippen LogP contribution in [0.15, 0.2) is 48.9 Å². The number of carbonyl (C=O) groups is 1. The van der Waals surface area contributed by atoms with E-state index in [4.69, 9.17) is 4.74 Å². The van der Waals surface area contributed by atoms with Gasteiger partial charge in [-0.3, -0.25) is 9.48 Å². The summed E-state index contributed by atoms with van der Waals surface area (Å²) in [6.45, 7) is 0.251. The van der Waals surface area contributed by atoms with Gasteiger partial charge in [0.1, 0.15) is 5.75 Å². The average Bonchev–Trinajstić information content (AvgIpc) is 3.28. The highest BCUT2D eigenvalue weighted by atomic mass is 19.4. The third-order valence-corrected chi connectivity index (χ3v) is 3.91. The second-order valence-electron chi connectivity index (χ2n) is 6.22. The lowest BCUT2D eigenvalue weighted by Crippen LogP contribution is -2.26. The SMILES string of the molecule is CN(Cc1cnn(C)c1)C(=O)c1ccn(COc2cccc(C(F)(F)F)c2)n1. The molecule has 148 valence electrons. The molecule has 0 fully saturated rings. The minimum absolute atomic E-state index is 0.0619. The fourth-order valence-electron chi connectivity index (χ4n) is 2.55. The predicted octanol–water partition coefficient (Wildman–Crippen LogP) is 2.94. The van der Waals surface area contributed by atoms with Gasteiger partial charge in [-0.15, -0.1) is 0 Å². The molecule has 0 aliphatic heterocycles. The summed E-state index contributed by atoms with van der Waals surface area (Å²) in [5, 5.41) is 8.17. The van der Waals surface area contributed by atoms with Crippen molar-refractivity contribution in [1.82, 2.24) is 24.5 Å². The molecule has 0 atom stereocenters. The van der Waals surface area contributed by atoms with Gasteiger partial charge in [0.05, 0.1) is 11.8 Å². The molecule has 2 heterocycles. The molecule has 2 aromatic heterocycles. The highest BCUT2D eigenvalue weighted by Crippen LogP contribution is 2.31. The van der Waals surface area contributed by atoms with E-state index in [1.165, 1.54) is 34.0 Å². The molecule has 7 nitrogen and oxygen atoms in total. The number of aryl methyl sites for hydroxylation is 1. The predicted molar refractivity (Wildman–Crippen MR) is 93.3 cm³/mol. The van der Waals surface area contributed by atoms with Crippen LogP contribution in [0.1, 0.15) is 21.6 Å². The van der Waals surface area contributed by atoms with Crippen LogP contribution in [-0.2, 0) is 26.5 Å². The second kappa shape index (κ2) is 7.75. The number of aromatic nitrogens is 4. The largest absolute Gasteiger partial charge is 0.471 e. The molecule has 1 aromatic carbocycles. The maximum absolute atomic E-state index is 12.7. The topological polar surface area (TPSA) is 65.2 Å². The van der Waals surface area contributed by atoms with Crippen molar-refractivity contribution in [3.05, 3.63) is 65.7 Å². The van der Waals surface area contributed by atoms with Gasteiger partial charge in [0.15, 0.2) is 12.4 Å². The standard InChI is InChI=1S/C18H18F3N5O2/c1-24(10-13-9-22-25(2)11-13)17(27)16-6-7-26(23-16)12-28-15-5-3-4-14(8-15)18(19,20)21/h3-9,11H,10,12H2,1-2H3. The van der Waals surface area contributed by atoms with Gasteiger partial charge in [-0.2, -0.15) is 23.4 Å². The fraction of sp³-hybridized carbons (Fsp3) is 0.278. The first-order valence-corrected chi connectivity index (χ1v) is 8.29. The highest BCUT2D eigenvalue weighted by molar-refractivity contribution is 5.91. The maximum Gasteiger partial charge on any atom is 0.416 e. The Bertz CT molecular complexity index is 964. The number of benzene rings is 1. The summed E-state index contributed by atoms with van der Waals surface area (Å²) in [4.78, 5) is 14.0. The van der Waals surface area contributed by atoms with Crippen LogP contribution in [0.5, 0.6) is 5.75 Å². The van der Waals surface area contributed by atoms with Gasteiger partial charge in [0.25, 0.3) is 5.91 Å². The Hall–Kier alpha value is -3.30. The van der Waals surface area contributed by atoms with E-state index >= 15 is 0 Å².